The highest BCUT2D eigenvalue weighted by molar-refractivity contribution is 7.92. The normalized spacial score (nSPS) is 15.0. The van der Waals surface area contributed by atoms with Gasteiger partial charge in [0.1, 0.15) is 6.04 Å². The average molecular weight is 556 g/mol. The molecule has 2 aromatic rings. The minimum absolute atomic E-state index is 0.0843. The van der Waals surface area contributed by atoms with Crippen LogP contribution < -0.4 is 9.62 Å². The fraction of sp³-hybridized carbons (Fsp3) is 0.548. The minimum Gasteiger partial charge on any atom is -0.352 e. The predicted molar refractivity (Wildman–Crippen MR) is 158 cm³/mol. The zero-order valence-corrected chi connectivity index (χ0v) is 24.8. The number of carbonyl (C=O) groups excluding carboxylic acids is 2. The van der Waals surface area contributed by atoms with Crippen LogP contribution in [0.2, 0.25) is 0 Å². The van der Waals surface area contributed by atoms with Crippen molar-refractivity contribution in [3.05, 3.63) is 65.2 Å². The van der Waals surface area contributed by atoms with Crippen molar-refractivity contribution in [1.82, 2.24) is 10.2 Å². The lowest BCUT2D eigenvalue weighted by Crippen LogP contribution is -2.52. The van der Waals surface area contributed by atoms with Gasteiger partial charge in [0.2, 0.25) is 21.8 Å². The number of anilines is 1. The van der Waals surface area contributed by atoms with Crippen molar-refractivity contribution in [2.45, 2.75) is 90.6 Å². The molecule has 0 heterocycles. The van der Waals surface area contributed by atoms with E-state index < -0.39 is 16.1 Å². The third-order valence-corrected chi connectivity index (χ3v) is 8.79. The van der Waals surface area contributed by atoms with E-state index >= 15 is 0 Å². The lowest BCUT2D eigenvalue weighted by Gasteiger charge is -2.33. The van der Waals surface area contributed by atoms with Gasteiger partial charge in [0.05, 0.1) is 11.9 Å². The third kappa shape index (κ3) is 9.09. The molecule has 7 nitrogen and oxygen atoms in total. The molecule has 2 amide bonds. The Kier molecular flexibility index (Phi) is 11.4. The van der Waals surface area contributed by atoms with Crippen molar-refractivity contribution in [1.29, 1.82) is 0 Å². The van der Waals surface area contributed by atoms with Crippen molar-refractivity contribution in [3.63, 3.8) is 0 Å². The SMILES string of the molecule is CCC(C(=O)NC1CCCCC1)N(CCc1ccccc1)C(=O)CCCN(c1cc(C)ccc1C)S(C)(=O)=O. The monoisotopic (exact) mass is 555 g/mol. The van der Waals surface area contributed by atoms with E-state index in [0.717, 1.165) is 42.4 Å². The Balaban J connectivity index is 1.73. The quantitative estimate of drug-likeness (QED) is 0.370. The van der Waals surface area contributed by atoms with E-state index in [1.54, 1.807) is 4.90 Å². The smallest absolute Gasteiger partial charge is 0.243 e. The highest BCUT2D eigenvalue weighted by Gasteiger charge is 2.30. The molecule has 1 unspecified atom stereocenters. The maximum absolute atomic E-state index is 13.6. The van der Waals surface area contributed by atoms with E-state index in [4.69, 9.17) is 0 Å². The molecule has 0 aromatic heterocycles. The molecule has 8 heteroatoms. The Morgan fingerprint density at radius 3 is 2.33 bits per heavy atom. The average Bonchev–Trinajstić information content (AvgIpc) is 2.91. The van der Waals surface area contributed by atoms with Crippen LogP contribution in [0.1, 0.15) is 75.0 Å². The Hall–Kier alpha value is -2.87. The second-order valence-electron chi connectivity index (χ2n) is 10.8. The van der Waals surface area contributed by atoms with E-state index in [0.29, 0.717) is 31.5 Å². The maximum atomic E-state index is 13.6. The summed E-state index contributed by atoms with van der Waals surface area (Å²) in [6, 6.07) is 15.3. The topological polar surface area (TPSA) is 86.8 Å². The Bertz CT molecular complexity index is 1190. The van der Waals surface area contributed by atoms with Crippen LogP contribution in [0.15, 0.2) is 48.5 Å². The van der Waals surface area contributed by atoms with Crippen molar-refractivity contribution >= 4 is 27.5 Å². The molecule has 0 bridgehead atoms. The van der Waals surface area contributed by atoms with Gasteiger partial charge >= 0.3 is 0 Å². The van der Waals surface area contributed by atoms with E-state index in [9.17, 15) is 18.0 Å². The van der Waals surface area contributed by atoms with Gasteiger partial charge in [0, 0.05) is 25.6 Å². The van der Waals surface area contributed by atoms with Crippen LogP contribution in [-0.4, -0.2) is 56.6 Å². The fourth-order valence-corrected chi connectivity index (χ4v) is 6.43. The summed E-state index contributed by atoms with van der Waals surface area (Å²) < 4.78 is 26.7. The van der Waals surface area contributed by atoms with Gasteiger partial charge in [-0.15, -0.1) is 0 Å². The van der Waals surface area contributed by atoms with Crippen LogP contribution in [0, 0.1) is 13.8 Å². The van der Waals surface area contributed by atoms with E-state index in [2.05, 4.69) is 5.32 Å². The van der Waals surface area contributed by atoms with Crippen LogP contribution in [-0.2, 0) is 26.0 Å². The van der Waals surface area contributed by atoms with Gasteiger partial charge in [-0.05, 0) is 68.7 Å². The summed E-state index contributed by atoms with van der Waals surface area (Å²) >= 11 is 0. The standard InChI is InChI=1S/C31H45N3O4S/c1-5-28(31(36)32-27-15-10-7-11-16-27)33(22-20-26-13-8-6-9-14-26)30(35)17-12-21-34(39(4,37)38)29-23-24(2)18-19-25(29)3/h6,8-9,13-14,18-19,23,27-28H,5,7,10-12,15-17,20-22H2,1-4H3,(H,32,36). The van der Waals surface area contributed by atoms with Gasteiger partial charge in [-0.1, -0.05) is 68.7 Å². The zero-order valence-electron chi connectivity index (χ0n) is 24.0. The fourth-order valence-electron chi connectivity index (χ4n) is 5.41. The molecule has 1 fully saturated rings. The number of amides is 2. The third-order valence-electron chi connectivity index (χ3n) is 7.61. The molecule has 2 aromatic carbocycles. The van der Waals surface area contributed by atoms with E-state index in [1.165, 1.54) is 17.0 Å². The van der Waals surface area contributed by atoms with Gasteiger partial charge in [-0.25, -0.2) is 8.42 Å². The second kappa shape index (κ2) is 14.5. The number of nitrogens with zero attached hydrogens (tertiary/aromatic N) is 2. The predicted octanol–water partition coefficient (Wildman–Crippen LogP) is 5.15. The number of aryl methyl sites for hydroxylation is 2. The molecular formula is C31H45N3O4S. The number of rotatable bonds is 13. The van der Waals surface area contributed by atoms with Crippen molar-refractivity contribution in [3.8, 4) is 0 Å². The molecule has 0 spiro atoms. The van der Waals surface area contributed by atoms with Crippen molar-refractivity contribution in [2.75, 3.05) is 23.7 Å². The van der Waals surface area contributed by atoms with Crippen LogP contribution in [0.5, 0.6) is 0 Å². The lowest BCUT2D eigenvalue weighted by atomic mass is 9.95. The number of nitrogens with one attached hydrogen (secondary N) is 1. The summed E-state index contributed by atoms with van der Waals surface area (Å²) in [5.41, 5.74) is 3.59. The Morgan fingerprint density at radius 1 is 1.00 bits per heavy atom. The van der Waals surface area contributed by atoms with Crippen LogP contribution in [0.4, 0.5) is 5.69 Å². The number of sulfonamides is 1. The zero-order chi connectivity index (χ0) is 28.4. The summed E-state index contributed by atoms with van der Waals surface area (Å²) in [5.74, 6) is -0.204. The van der Waals surface area contributed by atoms with Gasteiger partial charge < -0.3 is 10.2 Å². The lowest BCUT2D eigenvalue weighted by molar-refractivity contribution is -0.141. The van der Waals surface area contributed by atoms with Gasteiger partial charge in [-0.2, -0.15) is 0 Å². The summed E-state index contributed by atoms with van der Waals surface area (Å²) in [7, 11) is -3.53. The van der Waals surface area contributed by atoms with Crippen LogP contribution in [0.3, 0.4) is 0 Å². The molecule has 39 heavy (non-hydrogen) atoms. The summed E-state index contributed by atoms with van der Waals surface area (Å²) in [4.78, 5) is 28.7. The molecule has 0 aliphatic heterocycles. The second-order valence-corrected chi connectivity index (χ2v) is 12.7. The van der Waals surface area contributed by atoms with Crippen LogP contribution >= 0.6 is 0 Å². The first kappa shape index (κ1) is 30.7. The van der Waals surface area contributed by atoms with Crippen LogP contribution in [0.25, 0.3) is 0 Å². The Morgan fingerprint density at radius 2 is 1.69 bits per heavy atom. The number of hydrogen-bond donors (Lipinski definition) is 1. The maximum Gasteiger partial charge on any atom is 0.243 e. The number of carbonyl (C=O) groups is 2. The first-order chi connectivity index (χ1) is 18.6. The van der Waals surface area contributed by atoms with Gasteiger partial charge in [-0.3, -0.25) is 13.9 Å². The van der Waals surface area contributed by atoms with E-state index in [-0.39, 0.29) is 30.8 Å². The highest BCUT2D eigenvalue weighted by Crippen LogP contribution is 2.25. The first-order valence-corrected chi connectivity index (χ1v) is 16.1. The molecule has 0 radical (unpaired) electrons. The number of benzene rings is 2. The molecule has 1 atom stereocenters. The summed E-state index contributed by atoms with van der Waals surface area (Å²) in [5, 5.41) is 3.21. The summed E-state index contributed by atoms with van der Waals surface area (Å²) in [6.45, 7) is 6.40. The van der Waals surface area contributed by atoms with Gasteiger partial charge in [0.15, 0.2) is 0 Å². The van der Waals surface area contributed by atoms with E-state index in [1.807, 2.05) is 69.3 Å². The Labute approximate surface area is 235 Å². The van der Waals surface area contributed by atoms with Crippen molar-refractivity contribution < 1.29 is 18.0 Å². The number of hydrogen-bond acceptors (Lipinski definition) is 4. The molecule has 1 N–H and O–H groups in total. The van der Waals surface area contributed by atoms with Gasteiger partial charge in [0.25, 0.3) is 0 Å². The molecule has 1 aliphatic rings. The summed E-state index contributed by atoms with van der Waals surface area (Å²) in [6.07, 6.45) is 8.32. The molecular weight excluding hydrogens is 510 g/mol. The molecule has 1 saturated carbocycles. The highest BCUT2D eigenvalue weighted by atomic mass is 32.2. The molecule has 1 aliphatic carbocycles. The molecule has 3 rings (SSSR count). The largest absolute Gasteiger partial charge is 0.352 e. The molecule has 214 valence electrons. The molecule has 0 saturated heterocycles. The minimum atomic E-state index is -3.53. The van der Waals surface area contributed by atoms with Crippen molar-refractivity contribution in [2.24, 2.45) is 0 Å². The first-order valence-electron chi connectivity index (χ1n) is 14.3.